The lowest BCUT2D eigenvalue weighted by Gasteiger charge is -2.61. The Morgan fingerprint density at radius 3 is 2.63 bits per heavy atom. The van der Waals surface area contributed by atoms with E-state index >= 15 is 0 Å². The first-order valence-electron chi connectivity index (χ1n) is 10.2. The molecule has 3 unspecified atom stereocenters. The van der Waals surface area contributed by atoms with Crippen molar-refractivity contribution < 1.29 is 19.4 Å². The van der Waals surface area contributed by atoms with E-state index in [4.69, 9.17) is 4.74 Å². The number of esters is 1. The van der Waals surface area contributed by atoms with Crippen LogP contribution in [0.3, 0.4) is 0 Å². The number of ketones is 1. The maximum atomic E-state index is 13.2. The summed E-state index contributed by atoms with van der Waals surface area (Å²) in [5.74, 6) is -0.0121. The van der Waals surface area contributed by atoms with Crippen molar-refractivity contribution >= 4 is 24.4 Å². The third-order valence-corrected chi connectivity index (χ3v) is 8.96. The van der Waals surface area contributed by atoms with Crippen LogP contribution in [-0.4, -0.2) is 34.8 Å². The van der Waals surface area contributed by atoms with Crippen LogP contribution in [-0.2, 0) is 14.3 Å². The number of rotatable bonds is 3. The summed E-state index contributed by atoms with van der Waals surface area (Å²) in [4.78, 5) is 25.4. The van der Waals surface area contributed by atoms with Crippen LogP contribution in [0.1, 0.15) is 59.8 Å². The Bertz CT molecular complexity index is 648. The second-order valence-corrected chi connectivity index (χ2v) is 10.0. The lowest BCUT2D eigenvalue weighted by Crippen LogP contribution is -2.63. The zero-order valence-corrected chi connectivity index (χ0v) is 17.9. The summed E-state index contributed by atoms with van der Waals surface area (Å²) in [6, 6.07) is 0. The fourth-order valence-electron chi connectivity index (χ4n) is 6.70. The molecule has 0 amide bonds. The van der Waals surface area contributed by atoms with Crippen molar-refractivity contribution in [3.63, 3.8) is 0 Å². The van der Waals surface area contributed by atoms with Crippen LogP contribution in [0.4, 0.5) is 0 Å². The van der Waals surface area contributed by atoms with E-state index < -0.39 is 23.0 Å². The number of hydrogen-bond acceptors (Lipinski definition) is 5. The number of thiol groups is 1. The van der Waals surface area contributed by atoms with Crippen molar-refractivity contribution in [2.24, 2.45) is 34.0 Å². The monoisotopic (exact) mass is 394 g/mol. The summed E-state index contributed by atoms with van der Waals surface area (Å²) < 4.78 is 5.94. The van der Waals surface area contributed by atoms with Crippen LogP contribution in [0.5, 0.6) is 0 Å². The van der Waals surface area contributed by atoms with Gasteiger partial charge in [-0.25, -0.2) is 0 Å². The predicted octanol–water partition coefficient (Wildman–Crippen LogP) is 3.82. The first-order valence-corrected chi connectivity index (χ1v) is 10.8. The molecule has 0 aromatic carbocycles. The summed E-state index contributed by atoms with van der Waals surface area (Å²) in [5, 5.41) is 11.4. The van der Waals surface area contributed by atoms with Crippen molar-refractivity contribution in [3.05, 3.63) is 12.7 Å². The second-order valence-electron chi connectivity index (χ2n) is 9.72. The fraction of sp³-hybridized carbons (Fsp3) is 0.818. The van der Waals surface area contributed by atoms with Gasteiger partial charge in [0.1, 0.15) is 11.9 Å². The Hall–Kier alpha value is -0.810. The molecule has 0 spiro atoms. The molecule has 8 atom stereocenters. The predicted molar refractivity (Wildman–Crippen MR) is 108 cm³/mol. The molecular weight excluding hydrogens is 360 g/mol. The Balaban J connectivity index is 2.21. The van der Waals surface area contributed by atoms with Crippen molar-refractivity contribution in [2.45, 2.75) is 72.0 Å². The smallest absolute Gasteiger partial charge is 0.315 e. The molecular formula is C22H34O4S. The molecule has 27 heavy (non-hydrogen) atoms. The molecule has 5 heteroatoms. The molecule has 0 aromatic heterocycles. The van der Waals surface area contributed by atoms with Crippen LogP contribution in [0.25, 0.3) is 0 Å². The largest absolute Gasteiger partial charge is 0.461 e. The lowest BCUT2D eigenvalue weighted by molar-refractivity contribution is -0.205. The molecule has 4 nitrogen and oxygen atoms in total. The first kappa shape index (κ1) is 20.9. The number of hydrogen-bond donors (Lipinski definition) is 2. The topological polar surface area (TPSA) is 63.6 Å². The minimum atomic E-state index is -0.626. The molecule has 3 aliphatic carbocycles. The minimum Gasteiger partial charge on any atom is -0.461 e. The number of aliphatic hydroxyl groups is 1. The van der Waals surface area contributed by atoms with Gasteiger partial charge in [0.2, 0.25) is 0 Å². The molecule has 152 valence electrons. The molecule has 3 saturated carbocycles. The molecule has 3 aliphatic rings. The Morgan fingerprint density at radius 2 is 2.04 bits per heavy atom. The molecule has 0 aromatic rings. The van der Waals surface area contributed by atoms with Crippen molar-refractivity contribution in [2.75, 3.05) is 5.75 Å². The summed E-state index contributed by atoms with van der Waals surface area (Å²) in [7, 11) is 0. The summed E-state index contributed by atoms with van der Waals surface area (Å²) in [6.07, 6.45) is 4.52. The quantitative estimate of drug-likeness (QED) is 0.434. The Morgan fingerprint density at radius 1 is 1.37 bits per heavy atom. The van der Waals surface area contributed by atoms with Crippen LogP contribution in [0, 0.1) is 34.0 Å². The number of carbonyl (C=O) groups is 2. The standard InChI is InChI=1S/C22H34O4S/c1-6-20(4)11-16(26-17(24)12-27)21(5)13(2)7-9-22(14(3)19(20)25)10-8-15(23)18(21)22/h6,13-14,16,18-19,25,27H,1,7-12H2,2-5H3/t13?,14-,16+,18?,19?,20+,21-,22-/m0/s1. The fourth-order valence-corrected chi connectivity index (χ4v) is 6.77. The van der Waals surface area contributed by atoms with E-state index in [1.807, 2.05) is 13.0 Å². The van der Waals surface area contributed by atoms with Gasteiger partial charge in [0, 0.05) is 23.2 Å². The van der Waals surface area contributed by atoms with Gasteiger partial charge in [0.25, 0.3) is 0 Å². The normalized spacial score (nSPS) is 49.7. The minimum absolute atomic E-state index is 0.00841. The zero-order chi connectivity index (χ0) is 20.2. The van der Waals surface area contributed by atoms with Gasteiger partial charge in [-0.15, -0.1) is 6.58 Å². The van der Waals surface area contributed by atoms with Gasteiger partial charge in [-0.1, -0.05) is 33.8 Å². The third kappa shape index (κ3) is 2.83. The molecule has 3 fully saturated rings. The van der Waals surface area contributed by atoms with E-state index in [2.05, 4.69) is 40.0 Å². The summed E-state index contributed by atoms with van der Waals surface area (Å²) >= 11 is 4.08. The maximum Gasteiger partial charge on any atom is 0.315 e. The second kappa shape index (κ2) is 6.91. The van der Waals surface area contributed by atoms with Crippen LogP contribution < -0.4 is 0 Å². The van der Waals surface area contributed by atoms with Gasteiger partial charge in [0.05, 0.1) is 11.9 Å². The SMILES string of the molecule is C=C[C@]1(C)C[C@@H](OC(=O)CS)[C@]2(C)C(C)CC[C@]3(CCC(=O)C32)[C@@H](C)C1O. The average Bonchev–Trinajstić information content (AvgIpc) is 3.00. The molecule has 0 heterocycles. The highest BCUT2D eigenvalue weighted by atomic mass is 32.1. The summed E-state index contributed by atoms with van der Waals surface area (Å²) in [6.45, 7) is 12.4. The number of Topliss-reactive ketones (excluding diaryl/α,β-unsaturated/α-hetero) is 1. The van der Waals surface area contributed by atoms with Gasteiger partial charge < -0.3 is 9.84 Å². The molecule has 3 rings (SSSR count). The van der Waals surface area contributed by atoms with E-state index in [-0.39, 0.29) is 40.7 Å². The van der Waals surface area contributed by atoms with Gasteiger partial charge in [0.15, 0.2) is 0 Å². The summed E-state index contributed by atoms with van der Waals surface area (Å²) in [5.41, 5.74) is -1.25. The highest BCUT2D eigenvalue weighted by Crippen LogP contribution is 2.67. The number of carbonyl (C=O) groups excluding carboxylic acids is 2. The molecule has 2 bridgehead atoms. The van der Waals surface area contributed by atoms with Gasteiger partial charge in [-0.3, -0.25) is 9.59 Å². The highest BCUT2D eigenvalue weighted by molar-refractivity contribution is 7.81. The molecule has 0 radical (unpaired) electrons. The van der Waals surface area contributed by atoms with Gasteiger partial charge in [-0.2, -0.15) is 12.6 Å². The lowest BCUT2D eigenvalue weighted by atomic mass is 9.44. The van der Waals surface area contributed by atoms with E-state index in [1.165, 1.54) is 0 Å². The Kier molecular flexibility index (Phi) is 5.35. The van der Waals surface area contributed by atoms with E-state index in [1.54, 1.807) is 0 Å². The van der Waals surface area contributed by atoms with E-state index in [0.717, 1.165) is 19.3 Å². The third-order valence-electron chi connectivity index (χ3n) is 8.70. The van der Waals surface area contributed by atoms with Crippen LogP contribution >= 0.6 is 12.6 Å². The maximum absolute atomic E-state index is 13.2. The van der Waals surface area contributed by atoms with Gasteiger partial charge in [-0.05, 0) is 42.9 Å². The van der Waals surface area contributed by atoms with Crippen molar-refractivity contribution in [3.8, 4) is 0 Å². The van der Waals surface area contributed by atoms with Crippen LogP contribution in [0.15, 0.2) is 12.7 Å². The number of aliphatic hydroxyl groups excluding tert-OH is 1. The molecule has 0 aliphatic heterocycles. The van der Waals surface area contributed by atoms with Gasteiger partial charge >= 0.3 is 5.97 Å². The van der Waals surface area contributed by atoms with Crippen molar-refractivity contribution in [1.82, 2.24) is 0 Å². The number of ether oxygens (including phenoxy) is 1. The molecule has 1 N–H and O–H groups in total. The van der Waals surface area contributed by atoms with E-state index in [9.17, 15) is 14.7 Å². The highest BCUT2D eigenvalue weighted by Gasteiger charge is 2.68. The average molecular weight is 395 g/mol. The Labute approximate surface area is 168 Å². The van der Waals surface area contributed by atoms with Crippen LogP contribution in [0.2, 0.25) is 0 Å². The first-order chi connectivity index (χ1) is 12.6. The molecule has 0 saturated heterocycles. The van der Waals surface area contributed by atoms with Crippen molar-refractivity contribution in [1.29, 1.82) is 0 Å². The zero-order valence-electron chi connectivity index (χ0n) is 17.0. The van der Waals surface area contributed by atoms with E-state index in [0.29, 0.717) is 12.8 Å².